The maximum absolute atomic E-state index is 12.4. The Bertz CT molecular complexity index is 402. The molecule has 1 aromatic rings. The molecule has 1 fully saturated rings. The number of halogens is 3. The van der Waals surface area contributed by atoms with Gasteiger partial charge in [0, 0.05) is 5.92 Å². The van der Waals surface area contributed by atoms with Gasteiger partial charge >= 0.3 is 6.18 Å². The third-order valence-electron chi connectivity index (χ3n) is 3.61. The lowest BCUT2D eigenvalue weighted by Gasteiger charge is -2.31. The summed E-state index contributed by atoms with van der Waals surface area (Å²) < 4.78 is 43.1. The minimum Gasteiger partial charge on any atom is -0.490 e. The molecule has 106 valence electrons. The molecule has 0 aliphatic heterocycles. The van der Waals surface area contributed by atoms with Gasteiger partial charge in [-0.05, 0) is 50.1 Å². The highest BCUT2D eigenvalue weighted by atomic mass is 19.4. The predicted molar refractivity (Wildman–Crippen MR) is 66.9 cm³/mol. The molecule has 1 aliphatic carbocycles. The molecule has 0 spiro atoms. The van der Waals surface area contributed by atoms with E-state index in [1.165, 1.54) is 12.1 Å². The Morgan fingerprint density at radius 2 is 1.74 bits per heavy atom. The molecule has 1 aromatic carbocycles. The van der Waals surface area contributed by atoms with Gasteiger partial charge in [0.25, 0.3) is 0 Å². The summed E-state index contributed by atoms with van der Waals surface area (Å²) in [5.74, 6) is 0.786. The molecule has 0 heterocycles. The fraction of sp³-hybridized carbons (Fsp3) is 0.571. The molecule has 2 rings (SSSR count). The van der Waals surface area contributed by atoms with Gasteiger partial charge in [0.05, 0.1) is 5.56 Å². The van der Waals surface area contributed by atoms with Gasteiger partial charge in [-0.2, -0.15) is 13.2 Å². The second-order valence-electron chi connectivity index (χ2n) is 4.96. The van der Waals surface area contributed by atoms with E-state index in [0.717, 1.165) is 37.8 Å². The van der Waals surface area contributed by atoms with Crippen molar-refractivity contribution in [3.63, 3.8) is 0 Å². The molecule has 5 heteroatoms. The van der Waals surface area contributed by atoms with Crippen molar-refractivity contribution in [2.45, 2.75) is 38.0 Å². The fourth-order valence-electron chi connectivity index (χ4n) is 2.50. The Morgan fingerprint density at radius 3 is 2.32 bits per heavy atom. The van der Waals surface area contributed by atoms with Crippen molar-refractivity contribution in [2.24, 2.45) is 11.7 Å². The first-order chi connectivity index (χ1) is 9.00. The summed E-state index contributed by atoms with van der Waals surface area (Å²) in [6.07, 6.45) is -0.0970. The van der Waals surface area contributed by atoms with Crippen molar-refractivity contribution in [3.8, 4) is 5.75 Å². The zero-order valence-corrected chi connectivity index (χ0v) is 10.6. The van der Waals surface area contributed by atoms with Crippen molar-refractivity contribution < 1.29 is 17.9 Å². The molecule has 1 saturated carbocycles. The van der Waals surface area contributed by atoms with Crippen LogP contribution in [0.15, 0.2) is 24.3 Å². The molecular weight excluding hydrogens is 255 g/mol. The van der Waals surface area contributed by atoms with E-state index in [-0.39, 0.29) is 6.10 Å². The van der Waals surface area contributed by atoms with Crippen molar-refractivity contribution in [2.75, 3.05) is 6.54 Å². The molecule has 2 N–H and O–H groups in total. The summed E-state index contributed by atoms with van der Waals surface area (Å²) in [7, 11) is 0. The SMILES string of the molecule is NCC1CCCCC1Oc1ccc(C(F)(F)F)cc1. The van der Waals surface area contributed by atoms with Crippen LogP contribution in [0.4, 0.5) is 13.2 Å². The van der Waals surface area contributed by atoms with Crippen molar-refractivity contribution >= 4 is 0 Å². The third-order valence-corrected chi connectivity index (χ3v) is 3.61. The molecular formula is C14H18F3NO. The molecule has 1 aliphatic rings. The molecule has 0 amide bonds. The van der Waals surface area contributed by atoms with Crippen molar-refractivity contribution in [1.82, 2.24) is 0 Å². The van der Waals surface area contributed by atoms with Crippen LogP contribution in [0.5, 0.6) is 5.75 Å². The van der Waals surface area contributed by atoms with Crippen LogP contribution in [0.2, 0.25) is 0 Å². The number of ether oxygens (including phenoxy) is 1. The summed E-state index contributed by atoms with van der Waals surface area (Å²) in [6.45, 7) is 0.561. The number of rotatable bonds is 3. The maximum Gasteiger partial charge on any atom is 0.416 e. The zero-order chi connectivity index (χ0) is 13.9. The summed E-state index contributed by atoms with van der Waals surface area (Å²) >= 11 is 0. The normalized spacial score (nSPS) is 24.2. The van der Waals surface area contributed by atoms with Crippen LogP contribution in [-0.2, 0) is 6.18 Å². The lowest BCUT2D eigenvalue weighted by atomic mass is 9.86. The lowest BCUT2D eigenvalue weighted by Crippen LogP contribution is -2.35. The lowest BCUT2D eigenvalue weighted by molar-refractivity contribution is -0.137. The third kappa shape index (κ3) is 3.62. The first-order valence-corrected chi connectivity index (χ1v) is 6.54. The zero-order valence-electron chi connectivity index (χ0n) is 10.6. The smallest absolute Gasteiger partial charge is 0.416 e. The van der Waals surface area contributed by atoms with Crippen LogP contribution in [0.3, 0.4) is 0 Å². The van der Waals surface area contributed by atoms with Gasteiger partial charge in [0.15, 0.2) is 0 Å². The van der Waals surface area contributed by atoms with Crippen LogP contribution in [0, 0.1) is 5.92 Å². The highest BCUT2D eigenvalue weighted by Crippen LogP contribution is 2.32. The Morgan fingerprint density at radius 1 is 1.11 bits per heavy atom. The van der Waals surface area contributed by atoms with E-state index in [9.17, 15) is 13.2 Å². The van der Waals surface area contributed by atoms with E-state index in [0.29, 0.717) is 18.2 Å². The van der Waals surface area contributed by atoms with E-state index in [1.807, 2.05) is 0 Å². The molecule has 19 heavy (non-hydrogen) atoms. The average molecular weight is 273 g/mol. The van der Waals surface area contributed by atoms with Gasteiger partial charge < -0.3 is 10.5 Å². The van der Waals surface area contributed by atoms with Crippen LogP contribution < -0.4 is 10.5 Å². The highest BCUT2D eigenvalue weighted by molar-refractivity contribution is 5.29. The summed E-state index contributed by atoms with van der Waals surface area (Å²) in [5, 5.41) is 0. The summed E-state index contributed by atoms with van der Waals surface area (Å²) in [5.41, 5.74) is 5.05. The predicted octanol–water partition coefficient (Wildman–Crippen LogP) is 3.60. The molecule has 0 aromatic heterocycles. The summed E-state index contributed by atoms with van der Waals surface area (Å²) in [4.78, 5) is 0. The molecule has 0 bridgehead atoms. The Balaban J connectivity index is 2.02. The maximum atomic E-state index is 12.4. The van der Waals surface area contributed by atoms with E-state index in [4.69, 9.17) is 10.5 Å². The number of hydrogen-bond acceptors (Lipinski definition) is 2. The van der Waals surface area contributed by atoms with Gasteiger partial charge in [-0.25, -0.2) is 0 Å². The number of alkyl halides is 3. The quantitative estimate of drug-likeness (QED) is 0.913. The Kier molecular flexibility index (Phi) is 4.34. The van der Waals surface area contributed by atoms with Crippen LogP contribution in [-0.4, -0.2) is 12.6 Å². The van der Waals surface area contributed by atoms with Crippen LogP contribution in [0.1, 0.15) is 31.2 Å². The minimum atomic E-state index is -4.30. The summed E-state index contributed by atoms with van der Waals surface area (Å²) in [6, 6.07) is 4.86. The van der Waals surface area contributed by atoms with Crippen LogP contribution >= 0.6 is 0 Å². The van der Waals surface area contributed by atoms with Gasteiger partial charge in [-0.3, -0.25) is 0 Å². The number of hydrogen-bond donors (Lipinski definition) is 1. The van der Waals surface area contributed by atoms with Gasteiger partial charge in [-0.1, -0.05) is 6.42 Å². The Labute approximate surface area is 110 Å². The second kappa shape index (κ2) is 5.82. The average Bonchev–Trinajstić information content (AvgIpc) is 2.39. The van der Waals surface area contributed by atoms with E-state index in [1.54, 1.807) is 0 Å². The van der Waals surface area contributed by atoms with E-state index < -0.39 is 11.7 Å². The number of nitrogens with two attached hydrogens (primary N) is 1. The Hall–Kier alpha value is -1.23. The molecule has 2 nitrogen and oxygen atoms in total. The molecule has 0 radical (unpaired) electrons. The van der Waals surface area contributed by atoms with E-state index >= 15 is 0 Å². The first kappa shape index (κ1) is 14.2. The van der Waals surface area contributed by atoms with Crippen molar-refractivity contribution in [1.29, 1.82) is 0 Å². The van der Waals surface area contributed by atoms with E-state index in [2.05, 4.69) is 0 Å². The monoisotopic (exact) mass is 273 g/mol. The molecule has 2 atom stereocenters. The fourth-order valence-corrected chi connectivity index (χ4v) is 2.50. The van der Waals surface area contributed by atoms with Gasteiger partial charge in [-0.15, -0.1) is 0 Å². The molecule has 2 unspecified atom stereocenters. The largest absolute Gasteiger partial charge is 0.490 e. The second-order valence-corrected chi connectivity index (χ2v) is 4.96. The minimum absolute atomic E-state index is 0.0236. The molecule has 0 saturated heterocycles. The topological polar surface area (TPSA) is 35.2 Å². The number of benzene rings is 1. The van der Waals surface area contributed by atoms with Gasteiger partial charge in [0.1, 0.15) is 11.9 Å². The first-order valence-electron chi connectivity index (χ1n) is 6.54. The van der Waals surface area contributed by atoms with Crippen LogP contribution in [0.25, 0.3) is 0 Å². The standard InChI is InChI=1S/C14H18F3NO/c15-14(16,17)11-5-7-12(8-6-11)19-13-4-2-1-3-10(13)9-18/h5-8,10,13H,1-4,9,18H2. The van der Waals surface area contributed by atoms with Crippen molar-refractivity contribution in [3.05, 3.63) is 29.8 Å². The van der Waals surface area contributed by atoms with Gasteiger partial charge in [0.2, 0.25) is 0 Å². The highest BCUT2D eigenvalue weighted by Gasteiger charge is 2.30.